The molecule has 0 amide bonds. The van der Waals surface area contributed by atoms with Crippen LogP contribution in [0.2, 0.25) is 0 Å². The number of phenols is 2. The SMILES string of the molecule is CC[C@H](c1ccc(O)cc1)[C@@H](C(=O)OCCCN1CC1)c1ccc(O)cc1. The lowest BCUT2D eigenvalue weighted by molar-refractivity contribution is -0.146. The van der Waals surface area contributed by atoms with Gasteiger partial charge in [-0.3, -0.25) is 4.79 Å². The zero-order valence-corrected chi connectivity index (χ0v) is 15.7. The molecule has 0 aliphatic carbocycles. The number of carbonyl (C=O) groups excluding carboxylic acids is 1. The molecule has 1 saturated heterocycles. The van der Waals surface area contributed by atoms with E-state index in [-0.39, 0.29) is 23.4 Å². The van der Waals surface area contributed by atoms with Crippen LogP contribution in [-0.2, 0) is 9.53 Å². The Kier molecular flexibility index (Phi) is 6.35. The van der Waals surface area contributed by atoms with Gasteiger partial charge in [-0.2, -0.15) is 0 Å². The van der Waals surface area contributed by atoms with Crippen LogP contribution in [0.25, 0.3) is 0 Å². The van der Waals surface area contributed by atoms with E-state index >= 15 is 0 Å². The van der Waals surface area contributed by atoms with E-state index in [2.05, 4.69) is 4.90 Å². The van der Waals surface area contributed by atoms with Crippen molar-refractivity contribution in [2.75, 3.05) is 26.2 Å². The minimum Gasteiger partial charge on any atom is -0.508 e. The summed E-state index contributed by atoms with van der Waals surface area (Å²) in [6, 6.07) is 13.7. The monoisotopic (exact) mass is 369 g/mol. The number of benzene rings is 2. The third-order valence-corrected chi connectivity index (χ3v) is 5.07. The quantitative estimate of drug-likeness (QED) is 0.401. The number of rotatable bonds is 9. The van der Waals surface area contributed by atoms with Crippen LogP contribution >= 0.6 is 0 Å². The van der Waals surface area contributed by atoms with Gasteiger partial charge < -0.3 is 19.8 Å². The first-order chi connectivity index (χ1) is 13.1. The van der Waals surface area contributed by atoms with Crippen LogP contribution in [0.4, 0.5) is 0 Å². The fraction of sp³-hybridized carbons (Fsp3) is 0.409. The van der Waals surface area contributed by atoms with Gasteiger partial charge >= 0.3 is 5.97 Å². The molecule has 1 fully saturated rings. The third-order valence-electron chi connectivity index (χ3n) is 5.07. The number of nitrogens with zero attached hydrogens (tertiary/aromatic N) is 1. The Morgan fingerprint density at radius 1 is 1.00 bits per heavy atom. The zero-order chi connectivity index (χ0) is 19.2. The van der Waals surface area contributed by atoms with E-state index in [0.717, 1.165) is 43.6 Å². The Morgan fingerprint density at radius 2 is 1.56 bits per heavy atom. The lowest BCUT2D eigenvalue weighted by Gasteiger charge is -2.26. The van der Waals surface area contributed by atoms with Crippen molar-refractivity contribution in [1.82, 2.24) is 4.90 Å². The highest BCUT2D eigenvalue weighted by Crippen LogP contribution is 2.37. The molecule has 2 atom stereocenters. The van der Waals surface area contributed by atoms with Crippen molar-refractivity contribution < 1.29 is 19.7 Å². The van der Waals surface area contributed by atoms with Crippen molar-refractivity contribution >= 4 is 5.97 Å². The summed E-state index contributed by atoms with van der Waals surface area (Å²) >= 11 is 0. The van der Waals surface area contributed by atoms with Gasteiger partial charge in [0.2, 0.25) is 0 Å². The smallest absolute Gasteiger partial charge is 0.314 e. The summed E-state index contributed by atoms with van der Waals surface area (Å²) in [5, 5.41) is 19.2. The van der Waals surface area contributed by atoms with Crippen LogP contribution in [0, 0.1) is 0 Å². The number of aromatic hydroxyl groups is 2. The molecule has 1 aliphatic rings. The lowest BCUT2D eigenvalue weighted by Crippen LogP contribution is -2.23. The molecule has 5 nitrogen and oxygen atoms in total. The first-order valence-electron chi connectivity index (χ1n) is 9.55. The Bertz CT molecular complexity index is 738. The summed E-state index contributed by atoms with van der Waals surface area (Å²) in [4.78, 5) is 15.3. The molecule has 1 heterocycles. The van der Waals surface area contributed by atoms with Gasteiger partial charge in [-0.15, -0.1) is 0 Å². The Labute approximate surface area is 160 Å². The molecule has 0 aromatic heterocycles. The molecule has 0 bridgehead atoms. The van der Waals surface area contributed by atoms with Crippen LogP contribution in [0.15, 0.2) is 48.5 Å². The highest BCUT2D eigenvalue weighted by Gasteiger charge is 2.31. The van der Waals surface area contributed by atoms with E-state index in [1.165, 1.54) is 0 Å². The van der Waals surface area contributed by atoms with E-state index in [0.29, 0.717) is 6.61 Å². The van der Waals surface area contributed by atoms with Gasteiger partial charge in [0.15, 0.2) is 0 Å². The predicted octanol–water partition coefficient (Wildman–Crippen LogP) is 3.62. The minimum atomic E-state index is -0.457. The van der Waals surface area contributed by atoms with Crippen LogP contribution < -0.4 is 0 Å². The van der Waals surface area contributed by atoms with Crippen molar-refractivity contribution in [1.29, 1.82) is 0 Å². The summed E-state index contributed by atoms with van der Waals surface area (Å²) in [6.45, 7) is 5.70. The minimum absolute atomic E-state index is 0.0742. The largest absolute Gasteiger partial charge is 0.508 e. The molecule has 1 aliphatic heterocycles. The van der Waals surface area contributed by atoms with Crippen LogP contribution in [0.1, 0.15) is 42.7 Å². The van der Waals surface area contributed by atoms with Gasteiger partial charge in [-0.05, 0) is 48.2 Å². The Hall–Kier alpha value is -2.53. The summed E-state index contributed by atoms with van der Waals surface area (Å²) in [7, 11) is 0. The fourth-order valence-corrected chi connectivity index (χ4v) is 3.44. The van der Waals surface area contributed by atoms with Gasteiger partial charge in [0.1, 0.15) is 11.5 Å². The molecule has 144 valence electrons. The van der Waals surface area contributed by atoms with E-state index < -0.39 is 5.92 Å². The second-order valence-electron chi connectivity index (χ2n) is 7.04. The van der Waals surface area contributed by atoms with E-state index in [4.69, 9.17) is 4.74 Å². The van der Waals surface area contributed by atoms with Crippen LogP contribution in [-0.4, -0.2) is 47.3 Å². The van der Waals surface area contributed by atoms with Crippen molar-refractivity contribution in [2.45, 2.75) is 31.6 Å². The van der Waals surface area contributed by atoms with Crippen LogP contribution in [0.5, 0.6) is 11.5 Å². The lowest BCUT2D eigenvalue weighted by atomic mass is 9.79. The number of carbonyl (C=O) groups is 1. The highest BCUT2D eigenvalue weighted by atomic mass is 16.5. The number of ether oxygens (including phenoxy) is 1. The molecule has 0 radical (unpaired) electrons. The van der Waals surface area contributed by atoms with E-state index in [1.807, 2.05) is 19.1 Å². The van der Waals surface area contributed by atoms with Crippen LogP contribution in [0.3, 0.4) is 0 Å². The van der Waals surface area contributed by atoms with E-state index in [9.17, 15) is 15.0 Å². The topological polar surface area (TPSA) is 69.8 Å². The fourth-order valence-electron chi connectivity index (χ4n) is 3.44. The maximum atomic E-state index is 13.0. The maximum absolute atomic E-state index is 13.0. The highest BCUT2D eigenvalue weighted by molar-refractivity contribution is 5.79. The molecule has 2 aromatic rings. The van der Waals surface area contributed by atoms with Crippen molar-refractivity contribution in [3.63, 3.8) is 0 Å². The normalized spacial score (nSPS) is 15.9. The first-order valence-corrected chi connectivity index (χ1v) is 9.55. The molecule has 0 unspecified atom stereocenters. The number of hydrogen-bond donors (Lipinski definition) is 2. The van der Waals surface area contributed by atoms with Gasteiger partial charge in [0.25, 0.3) is 0 Å². The van der Waals surface area contributed by atoms with Crippen molar-refractivity contribution in [3.05, 3.63) is 59.7 Å². The van der Waals surface area contributed by atoms with E-state index in [1.54, 1.807) is 36.4 Å². The average Bonchev–Trinajstić information content (AvgIpc) is 3.49. The number of hydrogen-bond acceptors (Lipinski definition) is 5. The molecule has 2 N–H and O–H groups in total. The van der Waals surface area contributed by atoms with Gasteiger partial charge in [0.05, 0.1) is 12.5 Å². The number of esters is 1. The average molecular weight is 369 g/mol. The molecule has 27 heavy (non-hydrogen) atoms. The first kappa shape index (κ1) is 19.2. The third kappa shape index (κ3) is 5.23. The van der Waals surface area contributed by atoms with Crippen molar-refractivity contribution in [2.24, 2.45) is 0 Å². The second-order valence-corrected chi connectivity index (χ2v) is 7.04. The van der Waals surface area contributed by atoms with Crippen molar-refractivity contribution in [3.8, 4) is 11.5 Å². The second kappa shape index (κ2) is 8.91. The molecular formula is C22H27NO4. The molecular weight excluding hydrogens is 342 g/mol. The molecule has 0 spiro atoms. The molecule has 0 saturated carbocycles. The molecule has 2 aromatic carbocycles. The summed E-state index contributed by atoms with van der Waals surface area (Å²) in [5.74, 6) is -0.405. The maximum Gasteiger partial charge on any atom is 0.314 e. The standard InChI is InChI=1S/C22H27NO4/c1-2-20(16-4-8-18(24)9-5-16)21(17-6-10-19(25)11-7-17)22(26)27-15-3-12-23-13-14-23/h4-11,20-21,24-25H,2-3,12-15H2,1H3/t20-,21+/m1/s1. The Morgan fingerprint density at radius 3 is 2.07 bits per heavy atom. The summed E-state index contributed by atoms with van der Waals surface area (Å²) < 4.78 is 5.62. The predicted molar refractivity (Wildman–Crippen MR) is 104 cm³/mol. The van der Waals surface area contributed by atoms with Gasteiger partial charge in [0, 0.05) is 25.6 Å². The van der Waals surface area contributed by atoms with Gasteiger partial charge in [-0.1, -0.05) is 31.2 Å². The van der Waals surface area contributed by atoms with Gasteiger partial charge in [-0.25, -0.2) is 0 Å². The Balaban J connectivity index is 1.79. The molecule has 5 heteroatoms. The number of phenolic OH excluding ortho intramolecular Hbond substituents is 2. The zero-order valence-electron chi connectivity index (χ0n) is 15.7. The summed E-state index contributed by atoms with van der Waals surface area (Å²) in [6.07, 6.45) is 1.59. The summed E-state index contributed by atoms with van der Waals surface area (Å²) in [5.41, 5.74) is 1.80. The molecule has 3 rings (SSSR count).